The summed E-state index contributed by atoms with van der Waals surface area (Å²) in [6, 6.07) is 2.88. The molecule has 1 saturated carbocycles. The Morgan fingerprint density at radius 1 is 1.56 bits per heavy atom. The summed E-state index contributed by atoms with van der Waals surface area (Å²) in [7, 11) is 2.07. The molecule has 2 unspecified atom stereocenters. The van der Waals surface area contributed by atoms with E-state index < -0.39 is 0 Å². The third-order valence-electron chi connectivity index (χ3n) is 3.64. The molecule has 0 radical (unpaired) electrons. The van der Waals surface area contributed by atoms with Gasteiger partial charge in [0.05, 0.1) is 0 Å². The lowest BCUT2D eigenvalue weighted by atomic mass is 9.82. The fourth-order valence-corrected chi connectivity index (χ4v) is 3.19. The van der Waals surface area contributed by atoms with E-state index in [9.17, 15) is 0 Å². The van der Waals surface area contributed by atoms with Gasteiger partial charge >= 0.3 is 0 Å². The van der Waals surface area contributed by atoms with Gasteiger partial charge in [0.15, 0.2) is 0 Å². The van der Waals surface area contributed by atoms with E-state index in [-0.39, 0.29) is 0 Å². The Morgan fingerprint density at radius 3 is 3.00 bits per heavy atom. The number of hydrogen-bond acceptors (Lipinski definition) is 2. The van der Waals surface area contributed by atoms with Crippen LogP contribution in [0, 0.1) is 5.41 Å². The summed E-state index contributed by atoms with van der Waals surface area (Å²) in [6.07, 6.45) is 8.85. The Morgan fingerprint density at radius 2 is 2.38 bits per heavy atom. The zero-order valence-corrected chi connectivity index (χ0v) is 11.5. The predicted molar refractivity (Wildman–Crippen MR) is 70.4 cm³/mol. The molecule has 0 spiro atoms. The standard InChI is InChI=1S/C13H19BrN2/c1-13(4-3-12(7-13)15-2)6-10-5-11(14)9-16-8-10/h5,8-9,12,15H,3-4,6-7H2,1-2H3. The molecule has 1 aliphatic carbocycles. The molecule has 3 heteroatoms. The lowest BCUT2D eigenvalue weighted by Gasteiger charge is -2.24. The van der Waals surface area contributed by atoms with Crippen LogP contribution in [0.2, 0.25) is 0 Å². The van der Waals surface area contributed by atoms with E-state index in [4.69, 9.17) is 0 Å². The Bertz CT molecular complexity index is 367. The van der Waals surface area contributed by atoms with Crippen molar-refractivity contribution in [1.82, 2.24) is 10.3 Å². The molecule has 2 rings (SSSR count). The van der Waals surface area contributed by atoms with Crippen molar-refractivity contribution in [1.29, 1.82) is 0 Å². The molecule has 1 aromatic heterocycles. The zero-order valence-electron chi connectivity index (χ0n) is 9.96. The van der Waals surface area contributed by atoms with Gasteiger partial charge in [-0.1, -0.05) is 6.92 Å². The second-order valence-electron chi connectivity index (χ2n) is 5.23. The van der Waals surface area contributed by atoms with Gasteiger partial charge in [0.2, 0.25) is 0 Å². The molecule has 2 atom stereocenters. The van der Waals surface area contributed by atoms with Gasteiger partial charge in [-0.25, -0.2) is 0 Å². The molecule has 1 aliphatic rings. The lowest BCUT2D eigenvalue weighted by molar-refractivity contribution is 0.324. The first kappa shape index (κ1) is 12.1. The molecule has 0 bridgehead atoms. The molecule has 1 aromatic rings. The van der Waals surface area contributed by atoms with Crippen molar-refractivity contribution in [3.8, 4) is 0 Å². The maximum absolute atomic E-state index is 4.23. The quantitative estimate of drug-likeness (QED) is 0.921. The second-order valence-corrected chi connectivity index (χ2v) is 6.14. The van der Waals surface area contributed by atoms with Crippen LogP contribution in [0.15, 0.2) is 22.9 Å². The van der Waals surface area contributed by atoms with Gasteiger partial charge in [0, 0.05) is 22.9 Å². The van der Waals surface area contributed by atoms with Gasteiger partial charge in [-0.05, 0) is 65.7 Å². The first-order valence-corrected chi connectivity index (χ1v) is 6.67. The molecule has 88 valence electrons. The second kappa shape index (κ2) is 4.84. The Kier molecular flexibility index (Phi) is 3.65. The van der Waals surface area contributed by atoms with Crippen LogP contribution >= 0.6 is 15.9 Å². The monoisotopic (exact) mass is 282 g/mol. The van der Waals surface area contributed by atoms with Crippen molar-refractivity contribution in [3.63, 3.8) is 0 Å². The fraction of sp³-hybridized carbons (Fsp3) is 0.615. The van der Waals surface area contributed by atoms with Crippen LogP contribution in [-0.4, -0.2) is 18.1 Å². The summed E-state index contributed by atoms with van der Waals surface area (Å²) in [5.74, 6) is 0. The molecule has 0 amide bonds. The predicted octanol–water partition coefficient (Wildman–Crippen LogP) is 3.16. The molecule has 1 heterocycles. The highest BCUT2D eigenvalue weighted by atomic mass is 79.9. The van der Waals surface area contributed by atoms with Gasteiger partial charge in [-0.3, -0.25) is 4.98 Å². The van der Waals surface area contributed by atoms with Gasteiger partial charge in [0.25, 0.3) is 0 Å². The Balaban J connectivity index is 2.04. The first-order valence-electron chi connectivity index (χ1n) is 5.88. The fourth-order valence-electron chi connectivity index (χ4n) is 2.77. The van der Waals surface area contributed by atoms with Gasteiger partial charge in [0.1, 0.15) is 0 Å². The van der Waals surface area contributed by atoms with E-state index in [0.29, 0.717) is 11.5 Å². The summed E-state index contributed by atoms with van der Waals surface area (Å²) in [5, 5.41) is 3.39. The highest BCUT2D eigenvalue weighted by Gasteiger charge is 2.34. The van der Waals surface area contributed by atoms with Gasteiger partial charge in [-0.15, -0.1) is 0 Å². The lowest BCUT2D eigenvalue weighted by Crippen LogP contribution is -2.24. The minimum Gasteiger partial charge on any atom is -0.317 e. The Labute approximate surface area is 106 Å². The summed E-state index contributed by atoms with van der Waals surface area (Å²) in [4.78, 5) is 4.23. The molecular formula is C13H19BrN2. The minimum absolute atomic E-state index is 0.441. The number of hydrogen-bond donors (Lipinski definition) is 1. The summed E-state index contributed by atoms with van der Waals surface area (Å²) in [6.45, 7) is 2.39. The van der Waals surface area contributed by atoms with E-state index in [1.807, 2.05) is 12.4 Å². The van der Waals surface area contributed by atoms with Gasteiger partial charge in [-0.2, -0.15) is 0 Å². The smallest absolute Gasteiger partial charge is 0.0410 e. The largest absolute Gasteiger partial charge is 0.317 e. The number of nitrogens with one attached hydrogen (secondary N) is 1. The van der Waals surface area contributed by atoms with Crippen molar-refractivity contribution in [2.45, 2.75) is 38.6 Å². The van der Waals surface area contributed by atoms with Crippen molar-refractivity contribution < 1.29 is 0 Å². The van der Waals surface area contributed by atoms with E-state index in [1.54, 1.807) is 0 Å². The van der Waals surface area contributed by atoms with Crippen molar-refractivity contribution in [3.05, 3.63) is 28.5 Å². The zero-order chi connectivity index (χ0) is 11.6. The molecule has 2 nitrogen and oxygen atoms in total. The molecular weight excluding hydrogens is 264 g/mol. The summed E-state index contributed by atoms with van der Waals surface area (Å²) in [5.41, 5.74) is 1.78. The molecule has 0 saturated heterocycles. The van der Waals surface area contributed by atoms with Crippen LogP contribution < -0.4 is 5.32 Å². The molecule has 0 aromatic carbocycles. The van der Waals surface area contributed by atoms with Crippen molar-refractivity contribution >= 4 is 15.9 Å². The van der Waals surface area contributed by atoms with E-state index in [2.05, 4.69) is 46.3 Å². The van der Waals surface area contributed by atoms with Crippen molar-refractivity contribution in [2.24, 2.45) is 5.41 Å². The topological polar surface area (TPSA) is 24.9 Å². The SMILES string of the molecule is CNC1CCC(C)(Cc2cncc(Br)c2)C1. The number of aromatic nitrogens is 1. The maximum atomic E-state index is 4.23. The van der Waals surface area contributed by atoms with E-state index >= 15 is 0 Å². The van der Waals surface area contributed by atoms with Crippen LogP contribution in [0.1, 0.15) is 31.7 Å². The van der Waals surface area contributed by atoms with Crippen molar-refractivity contribution in [2.75, 3.05) is 7.05 Å². The van der Waals surface area contributed by atoms with Crippen LogP contribution in [0.25, 0.3) is 0 Å². The van der Waals surface area contributed by atoms with Crippen LogP contribution in [-0.2, 0) is 6.42 Å². The summed E-state index contributed by atoms with van der Waals surface area (Å²) >= 11 is 3.48. The Hall–Kier alpha value is -0.410. The maximum Gasteiger partial charge on any atom is 0.0410 e. The van der Waals surface area contributed by atoms with E-state index in [0.717, 1.165) is 10.9 Å². The number of nitrogens with zero attached hydrogens (tertiary/aromatic N) is 1. The number of rotatable bonds is 3. The average molecular weight is 283 g/mol. The average Bonchev–Trinajstić information content (AvgIpc) is 2.60. The number of halogens is 1. The molecule has 0 aliphatic heterocycles. The first-order chi connectivity index (χ1) is 7.61. The molecule has 1 N–H and O–H groups in total. The third-order valence-corrected chi connectivity index (χ3v) is 4.07. The summed E-state index contributed by atoms with van der Waals surface area (Å²) < 4.78 is 1.08. The third kappa shape index (κ3) is 2.83. The normalized spacial score (nSPS) is 29.6. The van der Waals surface area contributed by atoms with Crippen LogP contribution in [0.3, 0.4) is 0 Å². The molecule has 1 fully saturated rings. The minimum atomic E-state index is 0.441. The van der Waals surface area contributed by atoms with Crippen LogP contribution in [0.4, 0.5) is 0 Å². The number of pyridine rings is 1. The highest BCUT2D eigenvalue weighted by molar-refractivity contribution is 9.10. The van der Waals surface area contributed by atoms with E-state index in [1.165, 1.54) is 24.8 Å². The molecule has 16 heavy (non-hydrogen) atoms. The highest BCUT2D eigenvalue weighted by Crippen LogP contribution is 2.40. The van der Waals surface area contributed by atoms with Gasteiger partial charge < -0.3 is 5.32 Å². The van der Waals surface area contributed by atoms with Crippen LogP contribution in [0.5, 0.6) is 0 Å².